The molecule has 0 saturated carbocycles. The Balaban J connectivity index is 2.48. The van der Waals surface area contributed by atoms with Gasteiger partial charge in [0.15, 0.2) is 0 Å². The lowest BCUT2D eigenvalue weighted by Crippen LogP contribution is -2.42. The van der Waals surface area contributed by atoms with Gasteiger partial charge in [0.2, 0.25) is 0 Å². The fourth-order valence-electron chi connectivity index (χ4n) is 3.36. The van der Waals surface area contributed by atoms with Gasteiger partial charge in [-0.2, -0.15) is 0 Å². The van der Waals surface area contributed by atoms with Crippen molar-refractivity contribution in [1.29, 1.82) is 0 Å². The number of nitrogens with two attached hydrogens (primary N) is 1. The van der Waals surface area contributed by atoms with Crippen molar-refractivity contribution in [2.24, 2.45) is 0 Å². The van der Waals surface area contributed by atoms with Crippen LogP contribution in [0.25, 0.3) is 0 Å². The van der Waals surface area contributed by atoms with Crippen LogP contribution in [-0.2, 0) is 17.6 Å². The molecule has 0 saturated heterocycles. The van der Waals surface area contributed by atoms with Crippen LogP contribution in [0, 0.1) is 0 Å². The highest BCUT2D eigenvalue weighted by atomic mass is 16.6. The number of carbonyl (C=O) groups excluding carboxylic acids is 1. The molecule has 0 radical (unpaired) electrons. The minimum absolute atomic E-state index is 0.166. The van der Waals surface area contributed by atoms with E-state index in [9.17, 15) is 9.90 Å². The van der Waals surface area contributed by atoms with Crippen LogP contribution in [0.4, 0.5) is 10.5 Å². The van der Waals surface area contributed by atoms with E-state index in [1.165, 1.54) is 56.9 Å². The number of aryl methyl sites for hydroxylation is 1. The standard InChI is InChI=1S/C24H42N2O3/c1-5-6-7-8-9-10-11-12-13-19-14-15-22(25)20(16-19)17-21(18-27)26-23(28)29-24(2,3)4/h14-16,21,27H,5-13,17-18,25H2,1-4H3,(H,26,28). The smallest absolute Gasteiger partial charge is 0.407 e. The Morgan fingerprint density at radius 2 is 1.72 bits per heavy atom. The number of ether oxygens (including phenoxy) is 1. The Labute approximate surface area is 177 Å². The van der Waals surface area contributed by atoms with Crippen molar-refractivity contribution in [3.63, 3.8) is 0 Å². The first-order valence-electron chi connectivity index (χ1n) is 11.2. The predicted molar refractivity (Wildman–Crippen MR) is 121 cm³/mol. The highest BCUT2D eigenvalue weighted by Crippen LogP contribution is 2.19. The molecule has 0 aliphatic heterocycles. The normalized spacial score (nSPS) is 12.6. The second-order valence-electron chi connectivity index (χ2n) is 8.99. The van der Waals surface area contributed by atoms with Crippen LogP contribution in [0.2, 0.25) is 0 Å². The Hall–Kier alpha value is -1.75. The van der Waals surface area contributed by atoms with Crippen molar-refractivity contribution in [1.82, 2.24) is 5.32 Å². The molecule has 0 aliphatic rings. The number of carbonyl (C=O) groups is 1. The van der Waals surface area contributed by atoms with E-state index in [1.54, 1.807) is 0 Å². The molecule has 5 heteroatoms. The fraction of sp³-hybridized carbons (Fsp3) is 0.708. The third-order valence-corrected chi connectivity index (χ3v) is 4.93. The highest BCUT2D eigenvalue weighted by Gasteiger charge is 2.20. The maximum absolute atomic E-state index is 12.0. The number of nitrogen functional groups attached to an aromatic ring is 1. The number of hydrogen-bond donors (Lipinski definition) is 3. The molecule has 1 rings (SSSR count). The van der Waals surface area contributed by atoms with E-state index in [1.807, 2.05) is 26.8 Å². The molecule has 1 aromatic carbocycles. The van der Waals surface area contributed by atoms with E-state index in [-0.39, 0.29) is 6.61 Å². The monoisotopic (exact) mass is 406 g/mol. The summed E-state index contributed by atoms with van der Waals surface area (Å²) >= 11 is 0. The number of anilines is 1. The van der Waals surface area contributed by atoms with E-state index < -0.39 is 17.7 Å². The predicted octanol–water partition coefficient (Wildman–Crippen LogP) is 5.38. The van der Waals surface area contributed by atoms with E-state index >= 15 is 0 Å². The van der Waals surface area contributed by atoms with E-state index in [4.69, 9.17) is 10.5 Å². The summed E-state index contributed by atoms with van der Waals surface area (Å²) in [6, 6.07) is 5.69. The van der Waals surface area contributed by atoms with Crippen LogP contribution in [0.1, 0.15) is 90.2 Å². The summed E-state index contributed by atoms with van der Waals surface area (Å²) in [5.41, 5.74) is 8.47. The number of benzene rings is 1. The first-order valence-corrected chi connectivity index (χ1v) is 11.2. The molecule has 0 fully saturated rings. The van der Waals surface area contributed by atoms with Crippen LogP contribution in [-0.4, -0.2) is 29.4 Å². The molecule has 1 unspecified atom stereocenters. The maximum Gasteiger partial charge on any atom is 0.407 e. The summed E-state index contributed by atoms with van der Waals surface area (Å²) in [5, 5.41) is 12.4. The zero-order valence-corrected chi connectivity index (χ0v) is 18.9. The van der Waals surface area contributed by atoms with Crippen molar-refractivity contribution in [3.05, 3.63) is 29.3 Å². The van der Waals surface area contributed by atoms with Gasteiger partial charge in [0.1, 0.15) is 5.60 Å². The van der Waals surface area contributed by atoms with Crippen molar-refractivity contribution in [2.75, 3.05) is 12.3 Å². The van der Waals surface area contributed by atoms with Gasteiger partial charge in [-0.05, 0) is 57.2 Å². The fourth-order valence-corrected chi connectivity index (χ4v) is 3.36. The number of aliphatic hydroxyl groups is 1. The van der Waals surface area contributed by atoms with Gasteiger partial charge in [0, 0.05) is 5.69 Å². The Morgan fingerprint density at radius 3 is 2.31 bits per heavy atom. The van der Waals surface area contributed by atoms with Crippen LogP contribution < -0.4 is 11.1 Å². The molecular weight excluding hydrogens is 364 g/mol. The van der Waals surface area contributed by atoms with Crippen LogP contribution in [0.3, 0.4) is 0 Å². The lowest BCUT2D eigenvalue weighted by Gasteiger charge is -2.23. The first-order chi connectivity index (χ1) is 13.7. The number of amides is 1. The molecule has 5 nitrogen and oxygen atoms in total. The Morgan fingerprint density at radius 1 is 1.10 bits per heavy atom. The molecule has 0 heterocycles. The second kappa shape index (κ2) is 13.5. The number of unbranched alkanes of at least 4 members (excludes halogenated alkanes) is 7. The minimum Gasteiger partial charge on any atom is -0.444 e. The number of alkyl carbamates (subject to hydrolysis) is 1. The number of hydrogen-bond acceptors (Lipinski definition) is 4. The van der Waals surface area contributed by atoms with Crippen molar-refractivity contribution in [2.45, 2.75) is 104 Å². The molecule has 0 bridgehead atoms. The van der Waals surface area contributed by atoms with Gasteiger partial charge in [-0.15, -0.1) is 0 Å². The molecule has 0 spiro atoms. The third-order valence-electron chi connectivity index (χ3n) is 4.93. The van der Waals surface area contributed by atoms with Crippen molar-refractivity contribution in [3.8, 4) is 0 Å². The summed E-state index contributed by atoms with van der Waals surface area (Å²) in [6.07, 6.45) is 11.4. The molecular formula is C24H42N2O3. The van der Waals surface area contributed by atoms with Gasteiger partial charge in [-0.25, -0.2) is 4.79 Å². The zero-order valence-electron chi connectivity index (χ0n) is 18.9. The van der Waals surface area contributed by atoms with Gasteiger partial charge in [-0.3, -0.25) is 0 Å². The van der Waals surface area contributed by atoms with Crippen molar-refractivity contribution < 1.29 is 14.6 Å². The van der Waals surface area contributed by atoms with Gasteiger partial charge >= 0.3 is 6.09 Å². The first kappa shape index (κ1) is 25.3. The zero-order chi connectivity index (χ0) is 21.7. The molecule has 166 valence electrons. The summed E-state index contributed by atoms with van der Waals surface area (Å²) in [6.45, 7) is 7.52. The van der Waals surface area contributed by atoms with Gasteiger partial charge in [0.25, 0.3) is 0 Å². The topological polar surface area (TPSA) is 84.6 Å². The summed E-state index contributed by atoms with van der Waals surface area (Å²) < 4.78 is 5.28. The Bertz CT molecular complexity index is 596. The summed E-state index contributed by atoms with van der Waals surface area (Å²) in [5.74, 6) is 0. The van der Waals surface area contributed by atoms with E-state index in [0.29, 0.717) is 12.1 Å². The highest BCUT2D eigenvalue weighted by molar-refractivity contribution is 5.68. The number of rotatable bonds is 13. The second-order valence-corrected chi connectivity index (χ2v) is 8.99. The molecule has 1 amide bonds. The average Bonchev–Trinajstić information content (AvgIpc) is 2.64. The molecule has 1 aromatic rings. The SMILES string of the molecule is CCCCCCCCCCc1ccc(N)c(CC(CO)NC(=O)OC(C)(C)C)c1. The van der Waals surface area contributed by atoms with Gasteiger partial charge in [0.05, 0.1) is 12.6 Å². The maximum atomic E-state index is 12.0. The molecule has 1 atom stereocenters. The van der Waals surface area contributed by atoms with E-state index in [0.717, 1.165) is 12.0 Å². The molecule has 0 aliphatic carbocycles. The van der Waals surface area contributed by atoms with E-state index in [2.05, 4.69) is 24.4 Å². The molecule has 0 aromatic heterocycles. The van der Waals surface area contributed by atoms with Crippen molar-refractivity contribution >= 4 is 11.8 Å². The quantitative estimate of drug-likeness (QED) is 0.303. The lowest BCUT2D eigenvalue weighted by atomic mass is 9.98. The Kier molecular flexibility index (Phi) is 11.7. The largest absolute Gasteiger partial charge is 0.444 e. The number of aliphatic hydroxyl groups excluding tert-OH is 1. The number of nitrogens with one attached hydrogen (secondary N) is 1. The lowest BCUT2D eigenvalue weighted by molar-refractivity contribution is 0.0483. The van der Waals surface area contributed by atoms with Crippen LogP contribution in [0.5, 0.6) is 0 Å². The van der Waals surface area contributed by atoms with Gasteiger partial charge in [-0.1, -0.05) is 64.0 Å². The van der Waals surface area contributed by atoms with Crippen LogP contribution >= 0.6 is 0 Å². The molecule has 29 heavy (non-hydrogen) atoms. The summed E-state index contributed by atoms with van der Waals surface area (Å²) in [4.78, 5) is 12.0. The van der Waals surface area contributed by atoms with Gasteiger partial charge < -0.3 is 20.9 Å². The minimum atomic E-state index is -0.570. The summed E-state index contributed by atoms with van der Waals surface area (Å²) in [7, 11) is 0. The third kappa shape index (κ3) is 11.7. The van der Waals surface area contributed by atoms with Crippen LogP contribution in [0.15, 0.2) is 18.2 Å². The average molecular weight is 407 g/mol. The molecule has 4 N–H and O–H groups in total.